The number of para-hydroxylation sites is 2. The molecule has 0 saturated heterocycles. The van der Waals surface area contributed by atoms with Crippen LogP contribution in [-0.2, 0) is 0 Å². The van der Waals surface area contributed by atoms with Crippen LogP contribution in [0.2, 0.25) is 0 Å². The molecule has 0 aromatic heterocycles. The van der Waals surface area contributed by atoms with Gasteiger partial charge in [0.05, 0.1) is 6.54 Å². The molecular formula is C18H31IN4O2. The van der Waals surface area contributed by atoms with Crippen LogP contribution in [0, 0.1) is 0 Å². The van der Waals surface area contributed by atoms with E-state index in [2.05, 4.69) is 48.3 Å². The van der Waals surface area contributed by atoms with Crippen LogP contribution in [0.1, 0.15) is 20.8 Å². The predicted molar refractivity (Wildman–Crippen MR) is 114 cm³/mol. The van der Waals surface area contributed by atoms with E-state index in [9.17, 15) is 0 Å². The van der Waals surface area contributed by atoms with Gasteiger partial charge in [0, 0.05) is 25.7 Å². The number of halogens is 1. The Hall–Kier alpha value is -1.22. The maximum Gasteiger partial charge on any atom is 0.191 e. The van der Waals surface area contributed by atoms with E-state index in [0.717, 1.165) is 37.1 Å². The van der Waals surface area contributed by atoms with E-state index in [4.69, 9.17) is 9.47 Å². The summed E-state index contributed by atoms with van der Waals surface area (Å²) in [5.41, 5.74) is 0. The van der Waals surface area contributed by atoms with Gasteiger partial charge in [-0.3, -0.25) is 0 Å². The first kappa shape index (κ1) is 21.8. The van der Waals surface area contributed by atoms with E-state index in [-0.39, 0.29) is 30.1 Å². The molecule has 6 nitrogen and oxygen atoms in total. The Morgan fingerprint density at radius 1 is 1.28 bits per heavy atom. The molecule has 25 heavy (non-hydrogen) atoms. The molecule has 0 saturated carbocycles. The second kappa shape index (κ2) is 11.4. The Bertz CT molecular complexity index is 540. The molecule has 2 rings (SSSR count). The quantitative estimate of drug-likeness (QED) is 0.370. The van der Waals surface area contributed by atoms with Crippen LogP contribution in [0.5, 0.6) is 11.5 Å². The molecular weight excluding hydrogens is 431 g/mol. The minimum Gasteiger partial charge on any atom is -0.486 e. The molecule has 1 aliphatic heterocycles. The van der Waals surface area contributed by atoms with E-state index in [0.29, 0.717) is 19.2 Å². The van der Waals surface area contributed by atoms with Crippen molar-refractivity contribution in [2.75, 3.05) is 39.8 Å². The van der Waals surface area contributed by atoms with Crippen molar-refractivity contribution in [1.29, 1.82) is 0 Å². The van der Waals surface area contributed by atoms with E-state index < -0.39 is 0 Å². The first-order chi connectivity index (χ1) is 11.6. The normalized spacial score (nSPS) is 16.6. The van der Waals surface area contributed by atoms with Gasteiger partial charge in [0.15, 0.2) is 23.6 Å². The molecule has 1 unspecified atom stereocenters. The molecule has 0 amide bonds. The molecule has 0 aliphatic carbocycles. The van der Waals surface area contributed by atoms with Crippen molar-refractivity contribution in [3.8, 4) is 11.5 Å². The van der Waals surface area contributed by atoms with Crippen molar-refractivity contribution >= 4 is 29.9 Å². The van der Waals surface area contributed by atoms with Crippen LogP contribution in [0.3, 0.4) is 0 Å². The van der Waals surface area contributed by atoms with E-state index >= 15 is 0 Å². The molecule has 142 valence electrons. The minimum atomic E-state index is -0.0614. The van der Waals surface area contributed by atoms with Crippen molar-refractivity contribution in [3.05, 3.63) is 24.3 Å². The number of hydrogen-bond donors (Lipinski definition) is 2. The van der Waals surface area contributed by atoms with Crippen molar-refractivity contribution in [1.82, 2.24) is 15.5 Å². The molecule has 2 N–H and O–H groups in total. The highest BCUT2D eigenvalue weighted by Crippen LogP contribution is 2.30. The average Bonchev–Trinajstić information content (AvgIpc) is 2.59. The maximum absolute atomic E-state index is 5.94. The van der Waals surface area contributed by atoms with Gasteiger partial charge in [0.25, 0.3) is 0 Å². The lowest BCUT2D eigenvalue weighted by molar-refractivity contribution is 0.0971. The number of hydrogen-bond acceptors (Lipinski definition) is 4. The second-order valence-electron chi connectivity index (χ2n) is 6.22. The van der Waals surface area contributed by atoms with E-state index in [1.165, 1.54) is 0 Å². The topological polar surface area (TPSA) is 58.1 Å². The summed E-state index contributed by atoms with van der Waals surface area (Å²) in [4.78, 5) is 6.92. The third-order valence-electron chi connectivity index (χ3n) is 4.00. The monoisotopic (exact) mass is 462 g/mol. The number of aliphatic imine (C=N–C) groups is 1. The first-order valence-corrected chi connectivity index (χ1v) is 8.71. The Morgan fingerprint density at radius 3 is 2.68 bits per heavy atom. The molecule has 7 heteroatoms. The summed E-state index contributed by atoms with van der Waals surface area (Å²) in [6.07, 6.45) is -0.0614. The molecule has 1 aromatic rings. The number of ether oxygens (including phenoxy) is 2. The zero-order chi connectivity index (χ0) is 17.4. The van der Waals surface area contributed by atoms with Gasteiger partial charge in [-0.2, -0.15) is 0 Å². The Labute approximate surface area is 168 Å². The smallest absolute Gasteiger partial charge is 0.191 e. The van der Waals surface area contributed by atoms with Crippen LogP contribution in [0.15, 0.2) is 29.3 Å². The third-order valence-corrected chi connectivity index (χ3v) is 4.00. The van der Waals surface area contributed by atoms with Crippen molar-refractivity contribution in [2.24, 2.45) is 4.99 Å². The summed E-state index contributed by atoms with van der Waals surface area (Å²) in [6.45, 7) is 10.2. The molecule has 1 aromatic carbocycles. The summed E-state index contributed by atoms with van der Waals surface area (Å²) in [7, 11) is 2.13. The molecule has 0 spiro atoms. The first-order valence-electron chi connectivity index (χ1n) is 8.71. The summed E-state index contributed by atoms with van der Waals surface area (Å²) < 4.78 is 11.7. The minimum absolute atomic E-state index is 0. The van der Waals surface area contributed by atoms with Gasteiger partial charge >= 0.3 is 0 Å². The largest absolute Gasteiger partial charge is 0.486 e. The highest BCUT2D eigenvalue weighted by atomic mass is 127. The lowest BCUT2D eigenvalue weighted by atomic mass is 10.2. The third kappa shape index (κ3) is 7.27. The summed E-state index contributed by atoms with van der Waals surface area (Å²) in [5, 5.41) is 6.63. The van der Waals surface area contributed by atoms with E-state index in [1.807, 2.05) is 24.3 Å². The molecule has 1 atom stereocenters. The lowest BCUT2D eigenvalue weighted by Gasteiger charge is -2.25. The average molecular weight is 462 g/mol. The maximum atomic E-state index is 5.94. The van der Waals surface area contributed by atoms with Crippen molar-refractivity contribution < 1.29 is 9.47 Å². The number of nitrogens with one attached hydrogen (secondary N) is 2. The number of nitrogens with zero attached hydrogens (tertiary/aromatic N) is 2. The summed E-state index contributed by atoms with van der Waals surface area (Å²) in [5.74, 6) is 2.41. The van der Waals surface area contributed by atoms with Crippen LogP contribution in [0.4, 0.5) is 0 Å². The predicted octanol–water partition coefficient (Wildman–Crippen LogP) is 2.34. The van der Waals surface area contributed by atoms with Gasteiger partial charge < -0.3 is 25.0 Å². The Balaban J connectivity index is 0.00000312. The van der Waals surface area contributed by atoms with Crippen LogP contribution < -0.4 is 20.1 Å². The Kier molecular flexibility index (Phi) is 9.96. The number of rotatable bonds is 7. The molecule has 1 aliphatic rings. The number of fused-ring (bicyclic) bond motifs is 1. The number of likely N-dealkylation sites (N-methyl/N-ethyl adjacent to an activating group) is 1. The van der Waals surface area contributed by atoms with Crippen molar-refractivity contribution in [3.63, 3.8) is 0 Å². The van der Waals surface area contributed by atoms with Crippen molar-refractivity contribution in [2.45, 2.75) is 32.9 Å². The van der Waals surface area contributed by atoms with Gasteiger partial charge in [-0.25, -0.2) is 4.99 Å². The van der Waals surface area contributed by atoms with Gasteiger partial charge in [-0.1, -0.05) is 12.1 Å². The fourth-order valence-electron chi connectivity index (χ4n) is 2.30. The summed E-state index contributed by atoms with van der Waals surface area (Å²) >= 11 is 0. The van der Waals surface area contributed by atoms with Crippen LogP contribution in [0.25, 0.3) is 0 Å². The summed E-state index contributed by atoms with van der Waals surface area (Å²) in [6, 6.07) is 8.29. The molecule has 0 fully saturated rings. The highest BCUT2D eigenvalue weighted by molar-refractivity contribution is 14.0. The van der Waals surface area contributed by atoms with Crippen LogP contribution in [-0.4, -0.2) is 62.8 Å². The van der Waals surface area contributed by atoms with Gasteiger partial charge in [-0.15, -0.1) is 24.0 Å². The van der Waals surface area contributed by atoms with Crippen LogP contribution >= 0.6 is 24.0 Å². The number of benzene rings is 1. The van der Waals surface area contributed by atoms with Gasteiger partial charge in [0.1, 0.15) is 6.61 Å². The zero-order valence-corrected chi connectivity index (χ0v) is 17.9. The molecule has 0 bridgehead atoms. The standard InChI is InChI=1S/C18H30N4O2.HI/c1-5-19-18(20-10-11-22(4)14(2)3)21-12-15-13-23-16-8-6-7-9-17(16)24-15;/h6-9,14-15H,5,10-13H2,1-4H3,(H2,19,20,21);1H. The SMILES string of the molecule is CCNC(=NCC1COc2ccccc2O1)NCCN(C)C(C)C.I. The number of guanidine groups is 1. The lowest BCUT2D eigenvalue weighted by Crippen LogP contribution is -2.43. The second-order valence-corrected chi connectivity index (χ2v) is 6.22. The molecule has 1 heterocycles. The fourth-order valence-corrected chi connectivity index (χ4v) is 2.30. The van der Waals surface area contributed by atoms with E-state index in [1.54, 1.807) is 0 Å². The fraction of sp³-hybridized carbons (Fsp3) is 0.611. The van der Waals surface area contributed by atoms with Gasteiger partial charge in [-0.05, 0) is 40.0 Å². The highest BCUT2D eigenvalue weighted by Gasteiger charge is 2.20. The zero-order valence-electron chi connectivity index (χ0n) is 15.6. The molecule has 0 radical (unpaired) electrons. The van der Waals surface area contributed by atoms with Gasteiger partial charge in [0.2, 0.25) is 0 Å². The Morgan fingerprint density at radius 2 is 2.00 bits per heavy atom.